The van der Waals surface area contributed by atoms with E-state index in [1.54, 1.807) is 18.2 Å². The lowest BCUT2D eigenvalue weighted by atomic mass is 9.83. The third kappa shape index (κ3) is 4.20. The molecule has 1 saturated carbocycles. The van der Waals surface area contributed by atoms with Crippen LogP contribution in [0.2, 0.25) is 0 Å². The zero-order valence-corrected chi connectivity index (χ0v) is 12.1. The second-order valence-electron chi connectivity index (χ2n) is 5.10. The molecule has 0 saturated heterocycles. The summed E-state index contributed by atoms with van der Waals surface area (Å²) in [5.41, 5.74) is 1.80. The molecule has 2 rings (SSSR count). The van der Waals surface area contributed by atoms with Crippen LogP contribution in [-0.4, -0.2) is 12.5 Å². The molecule has 0 bridgehead atoms. The van der Waals surface area contributed by atoms with Crippen LogP contribution in [0.5, 0.6) is 5.75 Å². The molecule has 0 aliphatic heterocycles. The van der Waals surface area contributed by atoms with Gasteiger partial charge in [-0.2, -0.15) is 8.78 Å². The van der Waals surface area contributed by atoms with Crippen LogP contribution >= 0.6 is 11.6 Å². The van der Waals surface area contributed by atoms with Crippen LogP contribution in [0.15, 0.2) is 29.8 Å². The fourth-order valence-electron chi connectivity index (χ4n) is 2.74. The van der Waals surface area contributed by atoms with Gasteiger partial charge in [0.05, 0.1) is 0 Å². The van der Waals surface area contributed by atoms with Gasteiger partial charge >= 0.3 is 6.61 Å². The van der Waals surface area contributed by atoms with E-state index in [0.717, 1.165) is 18.4 Å². The van der Waals surface area contributed by atoms with Gasteiger partial charge in [0.2, 0.25) is 0 Å². The van der Waals surface area contributed by atoms with Crippen molar-refractivity contribution in [3.63, 3.8) is 0 Å². The van der Waals surface area contributed by atoms with Crippen LogP contribution in [0, 0.1) is 5.92 Å². The van der Waals surface area contributed by atoms with Gasteiger partial charge in [-0.25, -0.2) is 0 Å². The smallest absolute Gasteiger partial charge is 0.387 e. The van der Waals surface area contributed by atoms with Gasteiger partial charge in [0.15, 0.2) is 0 Å². The molecule has 1 aromatic rings. The molecule has 0 aromatic heterocycles. The largest absolute Gasteiger partial charge is 0.434 e. The van der Waals surface area contributed by atoms with E-state index in [4.69, 9.17) is 11.6 Å². The first-order valence-electron chi connectivity index (χ1n) is 7.01. The summed E-state index contributed by atoms with van der Waals surface area (Å²) in [4.78, 5) is 0. The van der Waals surface area contributed by atoms with Crippen LogP contribution in [0.25, 0.3) is 6.08 Å². The molecule has 0 amide bonds. The number of halogens is 3. The highest BCUT2D eigenvalue weighted by molar-refractivity contribution is 6.19. The second-order valence-corrected chi connectivity index (χ2v) is 5.37. The van der Waals surface area contributed by atoms with E-state index in [0.29, 0.717) is 17.4 Å². The van der Waals surface area contributed by atoms with Crippen molar-refractivity contribution in [3.8, 4) is 5.75 Å². The Kier molecular flexibility index (Phi) is 5.84. The fourth-order valence-corrected chi connectivity index (χ4v) is 3.04. The van der Waals surface area contributed by atoms with Crippen LogP contribution in [0.4, 0.5) is 8.78 Å². The maximum absolute atomic E-state index is 12.4. The topological polar surface area (TPSA) is 9.23 Å². The monoisotopic (exact) mass is 300 g/mol. The van der Waals surface area contributed by atoms with Crippen molar-refractivity contribution in [2.24, 2.45) is 5.92 Å². The molecule has 110 valence electrons. The van der Waals surface area contributed by atoms with Crippen molar-refractivity contribution in [2.45, 2.75) is 38.7 Å². The Hall–Kier alpha value is -1.09. The van der Waals surface area contributed by atoms with Gasteiger partial charge in [-0.05, 0) is 24.8 Å². The lowest BCUT2D eigenvalue weighted by Crippen LogP contribution is -2.10. The van der Waals surface area contributed by atoms with Crippen LogP contribution in [0.3, 0.4) is 0 Å². The molecular formula is C16H19ClF2O. The Morgan fingerprint density at radius 3 is 2.60 bits per heavy atom. The Balaban J connectivity index is 2.22. The molecule has 0 spiro atoms. The van der Waals surface area contributed by atoms with E-state index >= 15 is 0 Å². The van der Waals surface area contributed by atoms with Gasteiger partial charge in [-0.3, -0.25) is 0 Å². The highest BCUT2D eigenvalue weighted by Gasteiger charge is 2.18. The normalized spacial score (nSPS) is 17.5. The molecule has 0 heterocycles. The zero-order chi connectivity index (χ0) is 14.4. The first kappa shape index (κ1) is 15.3. The average Bonchev–Trinajstić information content (AvgIpc) is 2.46. The number of allylic oxidation sites excluding steroid dienone is 1. The first-order valence-corrected chi connectivity index (χ1v) is 7.54. The first-order chi connectivity index (χ1) is 9.70. The van der Waals surface area contributed by atoms with E-state index < -0.39 is 6.61 Å². The highest BCUT2D eigenvalue weighted by atomic mass is 35.5. The summed E-state index contributed by atoms with van der Waals surface area (Å²) in [6.07, 6.45) is 7.90. The standard InChI is InChI=1S/C16H19ClF2O/c17-11-14(12-6-2-1-3-7-12)10-13-8-4-5-9-15(13)20-16(18)19/h4-5,8-10,12,16H,1-3,6-7,11H2/b14-10-. The summed E-state index contributed by atoms with van der Waals surface area (Å²) >= 11 is 6.05. The number of alkyl halides is 3. The number of para-hydroxylation sites is 1. The van der Waals surface area contributed by atoms with E-state index in [-0.39, 0.29) is 5.75 Å². The van der Waals surface area contributed by atoms with Gasteiger partial charge in [0, 0.05) is 11.4 Å². The van der Waals surface area contributed by atoms with E-state index in [1.165, 1.54) is 19.3 Å². The van der Waals surface area contributed by atoms with Crippen molar-refractivity contribution in [2.75, 3.05) is 5.88 Å². The maximum Gasteiger partial charge on any atom is 0.387 e. The van der Waals surface area contributed by atoms with Gasteiger partial charge in [0.25, 0.3) is 0 Å². The Labute approximate surface area is 123 Å². The van der Waals surface area contributed by atoms with E-state index in [9.17, 15) is 8.78 Å². The van der Waals surface area contributed by atoms with Gasteiger partial charge in [-0.15, -0.1) is 11.6 Å². The van der Waals surface area contributed by atoms with Crippen LogP contribution in [0.1, 0.15) is 37.7 Å². The number of rotatable bonds is 5. The number of benzene rings is 1. The van der Waals surface area contributed by atoms with Crippen molar-refractivity contribution in [1.82, 2.24) is 0 Å². The van der Waals surface area contributed by atoms with Crippen molar-refractivity contribution in [3.05, 3.63) is 35.4 Å². The third-order valence-corrected chi connectivity index (χ3v) is 4.07. The van der Waals surface area contributed by atoms with Crippen molar-refractivity contribution < 1.29 is 13.5 Å². The summed E-state index contributed by atoms with van der Waals surface area (Å²) in [6.45, 7) is -2.81. The summed E-state index contributed by atoms with van der Waals surface area (Å²) < 4.78 is 29.4. The molecular weight excluding hydrogens is 282 g/mol. The highest BCUT2D eigenvalue weighted by Crippen LogP contribution is 2.33. The Morgan fingerprint density at radius 1 is 1.25 bits per heavy atom. The Morgan fingerprint density at radius 2 is 1.95 bits per heavy atom. The second kappa shape index (κ2) is 7.63. The van der Waals surface area contributed by atoms with E-state index in [2.05, 4.69) is 4.74 Å². The minimum Gasteiger partial charge on any atom is -0.434 e. The van der Waals surface area contributed by atoms with Crippen molar-refractivity contribution >= 4 is 17.7 Å². The molecule has 0 N–H and O–H groups in total. The van der Waals surface area contributed by atoms with Gasteiger partial charge in [0.1, 0.15) is 5.75 Å². The Bertz CT molecular complexity index is 454. The molecule has 0 unspecified atom stereocenters. The molecule has 0 atom stereocenters. The number of hydrogen-bond donors (Lipinski definition) is 0. The van der Waals surface area contributed by atoms with Crippen LogP contribution in [-0.2, 0) is 0 Å². The zero-order valence-electron chi connectivity index (χ0n) is 11.3. The van der Waals surface area contributed by atoms with Gasteiger partial charge < -0.3 is 4.74 Å². The molecule has 1 fully saturated rings. The SMILES string of the molecule is FC(F)Oc1ccccc1/C=C(/CCl)C1CCCCC1. The minimum absolute atomic E-state index is 0.209. The third-order valence-electron chi connectivity index (χ3n) is 3.76. The summed E-state index contributed by atoms with van der Waals surface area (Å²) in [6, 6.07) is 6.85. The molecule has 20 heavy (non-hydrogen) atoms. The molecule has 4 heteroatoms. The number of hydrogen-bond acceptors (Lipinski definition) is 1. The van der Waals surface area contributed by atoms with E-state index in [1.807, 2.05) is 12.1 Å². The summed E-state index contributed by atoms with van der Waals surface area (Å²) in [5, 5.41) is 0. The number of ether oxygens (including phenoxy) is 1. The maximum atomic E-state index is 12.4. The quantitative estimate of drug-likeness (QED) is 0.653. The molecule has 0 radical (unpaired) electrons. The van der Waals surface area contributed by atoms with Gasteiger partial charge in [-0.1, -0.05) is 49.1 Å². The predicted molar refractivity (Wildman–Crippen MR) is 78.3 cm³/mol. The lowest BCUT2D eigenvalue weighted by molar-refractivity contribution is -0.0499. The van der Waals surface area contributed by atoms with Crippen LogP contribution < -0.4 is 4.74 Å². The molecule has 1 nitrogen and oxygen atoms in total. The summed E-state index contributed by atoms with van der Waals surface area (Å²) in [7, 11) is 0. The molecule has 1 aliphatic rings. The predicted octanol–water partition coefficient (Wildman–Crippen LogP) is 5.49. The summed E-state index contributed by atoms with van der Waals surface area (Å²) in [5.74, 6) is 1.12. The molecule has 1 aromatic carbocycles. The lowest BCUT2D eigenvalue weighted by Gasteiger charge is -2.23. The fraction of sp³-hybridized carbons (Fsp3) is 0.500. The molecule has 1 aliphatic carbocycles. The minimum atomic E-state index is -2.81. The van der Waals surface area contributed by atoms with Crippen molar-refractivity contribution in [1.29, 1.82) is 0 Å². The average molecular weight is 301 g/mol.